The lowest BCUT2D eigenvalue weighted by atomic mass is 10.1. The average molecular weight is 415 g/mol. The summed E-state index contributed by atoms with van der Waals surface area (Å²) in [6.07, 6.45) is 2.68. The normalized spacial score (nSPS) is 10.3. The van der Waals surface area contributed by atoms with Crippen LogP contribution in [0.4, 0.5) is 0 Å². The predicted octanol–water partition coefficient (Wildman–Crippen LogP) is 3.37. The Hall–Kier alpha value is -2.83. The largest absolute Gasteiger partial charge is 0.497 e. The molecule has 0 bridgehead atoms. The molecular weight excluding hydrogens is 388 g/mol. The molecule has 7 heteroatoms. The lowest BCUT2D eigenvalue weighted by Crippen LogP contribution is -2.26. The van der Waals surface area contributed by atoms with Crippen LogP contribution in [0.25, 0.3) is 11.3 Å². The van der Waals surface area contributed by atoms with Crippen molar-refractivity contribution in [3.8, 4) is 17.0 Å². The second-order valence-corrected chi connectivity index (χ2v) is 6.52. The lowest BCUT2D eigenvalue weighted by Gasteiger charge is -2.06. The number of hydrogen-bond donors (Lipinski definition) is 2. The van der Waals surface area contributed by atoms with E-state index in [4.69, 9.17) is 9.84 Å². The number of halogens is 1. The minimum absolute atomic E-state index is 0. The van der Waals surface area contributed by atoms with Gasteiger partial charge in [-0.3, -0.25) is 9.48 Å². The summed E-state index contributed by atoms with van der Waals surface area (Å²) in [5, 5.41) is 10.8. The van der Waals surface area contributed by atoms with Crippen LogP contribution in [0.3, 0.4) is 0 Å². The second-order valence-electron chi connectivity index (χ2n) is 6.52. The summed E-state index contributed by atoms with van der Waals surface area (Å²) in [6, 6.07) is 17.7. The van der Waals surface area contributed by atoms with Gasteiger partial charge < -0.3 is 15.4 Å². The van der Waals surface area contributed by atoms with Gasteiger partial charge >= 0.3 is 0 Å². The summed E-state index contributed by atoms with van der Waals surface area (Å²) in [4.78, 5) is 12.8. The zero-order chi connectivity index (χ0) is 19.8. The number of nitrogens with zero attached hydrogens (tertiary/aromatic N) is 2. The van der Waals surface area contributed by atoms with Gasteiger partial charge in [-0.1, -0.05) is 42.5 Å². The first-order valence-corrected chi connectivity index (χ1v) is 9.40. The third-order valence-electron chi connectivity index (χ3n) is 4.43. The van der Waals surface area contributed by atoms with Gasteiger partial charge in [0.1, 0.15) is 11.4 Å². The van der Waals surface area contributed by atoms with Gasteiger partial charge in [0.25, 0.3) is 5.91 Å². The van der Waals surface area contributed by atoms with E-state index in [0.717, 1.165) is 29.8 Å². The number of amides is 1. The summed E-state index contributed by atoms with van der Waals surface area (Å²) in [5.41, 5.74) is 3.20. The number of carbonyl (C=O) groups is 1. The number of benzene rings is 2. The number of methoxy groups -OCH3 is 1. The van der Waals surface area contributed by atoms with Gasteiger partial charge in [0.2, 0.25) is 0 Å². The van der Waals surface area contributed by atoms with Crippen LogP contribution in [0.5, 0.6) is 5.75 Å². The number of hydrogen-bond acceptors (Lipinski definition) is 4. The van der Waals surface area contributed by atoms with E-state index in [9.17, 15) is 4.79 Å². The fourth-order valence-electron chi connectivity index (χ4n) is 2.98. The second kappa shape index (κ2) is 11.2. The molecule has 1 heterocycles. The molecule has 0 aliphatic heterocycles. The maximum Gasteiger partial charge on any atom is 0.255 e. The third kappa shape index (κ3) is 6.07. The number of aromatic nitrogens is 2. The Balaban J connectivity index is 0.00000300. The van der Waals surface area contributed by atoms with Crippen molar-refractivity contribution in [1.82, 2.24) is 20.4 Å². The molecule has 0 saturated carbocycles. The lowest BCUT2D eigenvalue weighted by molar-refractivity contribution is 0.0954. The standard InChI is InChI=1S/C22H26N4O2.ClH/c1-23-12-7-13-24-22(27)20-16-26(15-17-8-4-3-5-9-17)25-21(20)18-10-6-11-19(14-18)28-2;/h3-6,8-11,14,16,23H,7,12-13,15H2,1-2H3,(H,24,27);1H. The van der Waals surface area contributed by atoms with Gasteiger partial charge in [0, 0.05) is 18.3 Å². The Bertz CT molecular complexity index is 912. The maximum atomic E-state index is 12.8. The number of ether oxygens (including phenoxy) is 1. The van der Waals surface area contributed by atoms with Gasteiger partial charge in [-0.15, -0.1) is 12.4 Å². The van der Waals surface area contributed by atoms with Gasteiger partial charge in [0.05, 0.1) is 19.2 Å². The van der Waals surface area contributed by atoms with E-state index in [-0.39, 0.29) is 18.3 Å². The molecule has 6 nitrogen and oxygen atoms in total. The van der Waals surface area contributed by atoms with Gasteiger partial charge in [-0.25, -0.2) is 0 Å². The Morgan fingerprint density at radius 1 is 1.10 bits per heavy atom. The smallest absolute Gasteiger partial charge is 0.255 e. The molecule has 154 valence electrons. The highest BCUT2D eigenvalue weighted by atomic mass is 35.5. The molecule has 3 aromatic rings. The van der Waals surface area contributed by atoms with E-state index in [2.05, 4.69) is 10.6 Å². The van der Waals surface area contributed by atoms with Crippen molar-refractivity contribution >= 4 is 18.3 Å². The summed E-state index contributed by atoms with van der Waals surface area (Å²) < 4.78 is 7.14. The SMILES string of the molecule is CNCCCNC(=O)c1cn(Cc2ccccc2)nc1-c1cccc(OC)c1.Cl. The van der Waals surface area contributed by atoms with E-state index in [1.807, 2.05) is 72.5 Å². The summed E-state index contributed by atoms with van der Waals surface area (Å²) in [5.74, 6) is 0.615. The van der Waals surface area contributed by atoms with Crippen molar-refractivity contribution < 1.29 is 9.53 Å². The number of rotatable bonds is 9. The fourth-order valence-corrected chi connectivity index (χ4v) is 2.98. The maximum absolute atomic E-state index is 12.8. The van der Waals surface area contributed by atoms with Crippen LogP contribution in [0.2, 0.25) is 0 Å². The van der Waals surface area contributed by atoms with Crippen LogP contribution in [0, 0.1) is 0 Å². The van der Waals surface area contributed by atoms with E-state index in [1.54, 1.807) is 7.11 Å². The topological polar surface area (TPSA) is 68.2 Å². The van der Waals surface area contributed by atoms with Gasteiger partial charge in [-0.05, 0) is 37.7 Å². The van der Waals surface area contributed by atoms with Gasteiger partial charge in [0.15, 0.2) is 0 Å². The van der Waals surface area contributed by atoms with Crippen LogP contribution in [0.1, 0.15) is 22.3 Å². The van der Waals surface area contributed by atoms with Crippen LogP contribution in [-0.4, -0.2) is 42.9 Å². The van der Waals surface area contributed by atoms with E-state index >= 15 is 0 Å². The molecule has 0 radical (unpaired) electrons. The van der Waals surface area contributed by atoms with Crippen molar-refractivity contribution in [1.29, 1.82) is 0 Å². The quantitative estimate of drug-likeness (QED) is 0.527. The van der Waals surface area contributed by atoms with Crippen molar-refractivity contribution in [3.05, 3.63) is 71.9 Å². The molecular formula is C22H27ClN4O2. The molecule has 1 amide bonds. The van der Waals surface area contributed by atoms with Crippen molar-refractivity contribution in [2.75, 3.05) is 27.2 Å². The molecule has 0 aliphatic rings. The predicted molar refractivity (Wildman–Crippen MR) is 118 cm³/mol. The summed E-state index contributed by atoms with van der Waals surface area (Å²) in [6.45, 7) is 2.07. The summed E-state index contributed by atoms with van der Waals surface area (Å²) >= 11 is 0. The number of carbonyl (C=O) groups excluding carboxylic acids is 1. The van der Waals surface area contributed by atoms with Crippen LogP contribution in [-0.2, 0) is 6.54 Å². The first-order chi connectivity index (χ1) is 13.7. The molecule has 3 rings (SSSR count). The Morgan fingerprint density at radius 3 is 2.62 bits per heavy atom. The highest BCUT2D eigenvalue weighted by Crippen LogP contribution is 2.26. The van der Waals surface area contributed by atoms with Crippen LogP contribution < -0.4 is 15.4 Å². The highest BCUT2D eigenvalue weighted by molar-refractivity contribution is 5.99. The molecule has 2 aromatic carbocycles. The molecule has 0 unspecified atom stereocenters. The zero-order valence-electron chi connectivity index (χ0n) is 16.7. The summed E-state index contributed by atoms with van der Waals surface area (Å²) in [7, 11) is 3.53. The Morgan fingerprint density at radius 2 is 1.90 bits per heavy atom. The minimum Gasteiger partial charge on any atom is -0.497 e. The van der Waals surface area contributed by atoms with E-state index in [1.165, 1.54) is 0 Å². The molecule has 1 aromatic heterocycles. The molecule has 2 N–H and O–H groups in total. The van der Waals surface area contributed by atoms with Crippen molar-refractivity contribution in [2.45, 2.75) is 13.0 Å². The van der Waals surface area contributed by atoms with E-state index in [0.29, 0.717) is 24.3 Å². The Labute approximate surface area is 177 Å². The first kappa shape index (κ1) is 22.5. The highest BCUT2D eigenvalue weighted by Gasteiger charge is 2.18. The molecule has 0 aliphatic carbocycles. The Kier molecular flexibility index (Phi) is 8.70. The fraction of sp³-hybridized carbons (Fsp3) is 0.273. The van der Waals surface area contributed by atoms with Crippen LogP contribution in [0.15, 0.2) is 60.8 Å². The molecule has 0 saturated heterocycles. The first-order valence-electron chi connectivity index (χ1n) is 9.40. The van der Waals surface area contributed by atoms with E-state index < -0.39 is 0 Å². The molecule has 29 heavy (non-hydrogen) atoms. The molecule has 0 fully saturated rings. The van der Waals surface area contributed by atoms with Crippen molar-refractivity contribution in [2.24, 2.45) is 0 Å². The zero-order valence-corrected chi connectivity index (χ0v) is 17.5. The van der Waals surface area contributed by atoms with Gasteiger partial charge in [-0.2, -0.15) is 5.10 Å². The molecule has 0 atom stereocenters. The monoisotopic (exact) mass is 414 g/mol. The number of nitrogens with one attached hydrogen (secondary N) is 2. The van der Waals surface area contributed by atoms with Crippen molar-refractivity contribution in [3.63, 3.8) is 0 Å². The third-order valence-corrected chi connectivity index (χ3v) is 4.43. The van der Waals surface area contributed by atoms with Crippen LogP contribution >= 0.6 is 12.4 Å². The molecule has 0 spiro atoms. The minimum atomic E-state index is -0.117. The average Bonchev–Trinajstić information content (AvgIpc) is 3.16.